The van der Waals surface area contributed by atoms with Crippen LogP contribution >= 0.6 is 0 Å². The molecule has 0 aromatic carbocycles. The van der Waals surface area contributed by atoms with E-state index in [1.807, 2.05) is 4.90 Å². The summed E-state index contributed by atoms with van der Waals surface area (Å²) in [5.41, 5.74) is 0. The summed E-state index contributed by atoms with van der Waals surface area (Å²) in [4.78, 5) is 13.5. The van der Waals surface area contributed by atoms with Gasteiger partial charge in [-0.05, 0) is 19.3 Å². The van der Waals surface area contributed by atoms with Crippen molar-refractivity contribution >= 4 is 5.91 Å². The molecule has 1 atom stereocenters. The molecule has 0 spiro atoms. The molecule has 0 radical (unpaired) electrons. The SMILES string of the molecule is CCCCC[C@H](C)N(CC(C)C)C(C)=O. The lowest BCUT2D eigenvalue weighted by Gasteiger charge is -2.29. The molecule has 0 aliphatic rings. The summed E-state index contributed by atoms with van der Waals surface area (Å²) in [6.07, 6.45) is 4.90. The summed E-state index contributed by atoms with van der Waals surface area (Å²) in [6.45, 7) is 11.3. The summed E-state index contributed by atoms with van der Waals surface area (Å²) >= 11 is 0. The molecular weight excluding hydrogens is 186 g/mol. The van der Waals surface area contributed by atoms with Crippen LogP contribution in [0, 0.1) is 5.92 Å². The van der Waals surface area contributed by atoms with Crippen LogP contribution < -0.4 is 0 Å². The summed E-state index contributed by atoms with van der Waals surface area (Å²) in [7, 11) is 0. The van der Waals surface area contributed by atoms with E-state index in [2.05, 4.69) is 27.7 Å². The number of amides is 1. The van der Waals surface area contributed by atoms with Crippen molar-refractivity contribution in [2.45, 2.75) is 66.3 Å². The van der Waals surface area contributed by atoms with Crippen LogP contribution in [-0.4, -0.2) is 23.4 Å². The van der Waals surface area contributed by atoms with Gasteiger partial charge in [0.15, 0.2) is 0 Å². The molecule has 15 heavy (non-hydrogen) atoms. The van der Waals surface area contributed by atoms with Crippen LogP contribution in [0.3, 0.4) is 0 Å². The van der Waals surface area contributed by atoms with Crippen LogP contribution in [0.2, 0.25) is 0 Å². The highest BCUT2D eigenvalue weighted by molar-refractivity contribution is 5.73. The van der Waals surface area contributed by atoms with Gasteiger partial charge in [-0.2, -0.15) is 0 Å². The van der Waals surface area contributed by atoms with Crippen molar-refractivity contribution in [2.24, 2.45) is 5.92 Å². The molecular formula is C13H27NO. The smallest absolute Gasteiger partial charge is 0.219 e. The Balaban J connectivity index is 4.05. The van der Waals surface area contributed by atoms with Gasteiger partial charge in [0.25, 0.3) is 0 Å². The molecule has 0 fully saturated rings. The van der Waals surface area contributed by atoms with Crippen LogP contribution in [0.4, 0.5) is 0 Å². The van der Waals surface area contributed by atoms with Gasteiger partial charge in [0.1, 0.15) is 0 Å². The number of rotatable bonds is 7. The molecule has 0 aromatic rings. The Bertz CT molecular complexity index is 177. The number of carbonyl (C=O) groups is 1. The lowest BCUT2D eigenvalue weighted by atomic mass is 10.1. The summed E-state index contributed by atoms with van der Waals surface area (Å²) in [6, 6.07) is 0.399. The van der Waals surface area contributed by atoms with E-state index in [9.17, 15) is 4.79 Å². The van der Waals surface area contributed by atoms with Crippen LogP contribution in [-0.2, 0) is 4.79 Å². The van der Waals surface area contributed by atoms with E-state index in [1.54, 1.807) is 6.92 Å². The van der Waals surface area contributed by atoms with Gasteiger partial charge >= 0.3 is 0 Å². The third-order valence-corrected chi connectivity index (χ3v) is 2.72. The Morgan fingerprint density at radius 3 is 2.20 bits per heavy atom. The quantitative estimate of drug-likeness (QED) is 0.593. The molecule has 0 aliphatic carbocycles. The molecule has 0 saturated heterocycles. The third kappa shape index (κ3) is 6.53. The lowest BCUT2D eigenvalue weighted by Crippen LogP contribution is -2.39. The first-order valence-corrected chi connectivity index (χ1v) is 6.26. The Kier molecular flexibility index (Phi) is 7.45. The zero-order valence-electron chi connectivity index (χ0n) is 11.0. The first kappa shape index (κ1) is 14.5. The monoisotopic (exact) mass is 213 g/mol. The molecule has 0 aromatic heterocycles. The fraction of sp³-hybridized carbons (Fsp3) is 0.923. The number of hydrogen-bond acceptors (Lipinski definition) is 1. The predicted molar refractivity (Wildman–Crippen MR) is 65.8 cm³/mol. The lowest BCUT2D eigenvalue weighted by molar-refractivity contribution is -0.131. The van der Waals surface area contributed by atoms with Gasteiger partial charge in [-0.25, -0.2) is 0 Å². The van der Waals surface area contributed by atoms with E-state index in [1.165, 1.54) is 19.3 Å². The molecule has 0 N–H and O–H groups in total. The zero-order valence-corrected chi connectivity index (χ0v) is 11.0. The van der Waals surface area contributed by atoms with Crippen molar-refractivity contribution in [3.8, 4) is 0 Å². The second-order valence-electron chi connectivity index (χ2n) is 4.91. The highest BCUT2D eigenvalue weighted by atomic mass is 16.2. The molecule has 0 heterocycles. The van der Waals surface area contributed by atoms with Crippen LogP contribution in [0.25, 0.3) is 0 Å². The standard InChI is InChI=1S/C13H27NO/c1-6-7-8-9-12(4)14(13(5)15)10-11(2)3/h11-12H,6-10H2,1-5H3/t12-/m0/s1. The minimum atomic E-state index is 0.215. The van der Waals surface area contributed by atoms with E-state index in [-0.39, 0.29) is 5.91 Å². The van der Waals surface area contributed by atoms with Crippen molar-refractivity contribution in [3.63, 3.8) is 0 Å². The largest absolute Gasteiger partial charge is 0.340 e. The van der Waals surface area contributed by atoms with Crippen LogP contribution in [0.1, 0.15) is 60.3 Å². The Labute approximate surface area is 95.0 Å². The maximum absolute atomic E-state index is 11.5. The first-order chi connectivity index (χ1) is 6.99. The Hall–Kier alpha value is -0.530. The second-order valence-corrected chi connectivity index (χ2v) is 4.91. The van der Waals surface area contributed by atoms with Crippen LogP contribution in [0.5, 0.6) is 0 Å². The molecule has 0 aliphatic heterocycles. The van der Waals surface area contributed by atoms with Gasteiger partial charge in [0.05, 0.1) is 0 Å². The van der Waals surface area contributed by atoms with Crippen LogP contribution in [0.15, 0.2) is 0 Å². The van der Waals surface area contributed by atoms with Crippen molar-refractivity contribution in [1.29, 1.82) is 0 Å². The number of nitrogens with zero attached hydrogens (tertiary/aromatic N) is 1. The second kappa shape index (κ2) is 7.72. The first-order valence-electron chi connectivity index (χ1n) is 6.26. The molecule has 0 saturated carbocycles. The molecule has 0 unspecified atom stereocenters. The molecule has 2 heteroatoms. The number of unbranched alkanes of at least 4 members (excludes halogenated alkanes) is 2. The van der Waals surface area contributed by atoms with Gasteiger partial charge in [0.2, 0.25) is 5.91 Å². The van der Waals surface area contributed by atoms with E-state index in [0.717, 1.165) is 13.0 Å². The van der Waals surface area contributed by atoms with E-state index in [0.29, 0.717) is 12.0 Å². The number of hydrogen-bond donors (Lipinski definition) is 0. The predicted octanol–water partition coefficient (Wildman–Crippen LogP) is 3.46. The minimum Gasteiger partial charge on any atom is -0.340 e. The Morgan fingerprint density at radius 2 is 1.80 bits per heavy atom. The minimum absolute atomic E-state index is 0.215. The topological polar surface area (TPSA) is 20.3 Å². The summed E-state index contributed by atoms with van der Waals surface area (Å²) in [5, 5.41) is 0. The average molecular weight is 213 g/mol. The maximum atomic E-state index is 11.5. The molecule has 0 bridgehead atoms. The normalized spacial score (nSPS) is 12.9. The van der Waals surface area contributed by atoms with Gasteiger partial charge in [-0.1, -0.05) is 40.0 Å². The van der Waals surface area contributed by atoms with E-state index < -0.39 is 0 Å². The zero-order chi connectivity index (χ0) is 11.8. The van der Waals surface area contributed by atoms with E-state index in [4.69, 9.17) is 0 Å². The number of carbonyl (C=O) groups excluding carboxylic acids is 1. The van der Waals surface area contributed by atoms with Crippen molar-refractivity contribution < 1.29 is 4.79 Å². The fourth-order valence-corrected chi connectivity index (χ4v) is 1.86. The van der Waals surface area contributed by atoms with Gasteiger partial charge < -0.3 is 4.90 Å². The van der Waals surface area contributed by atoms with Crippen molar-refractivity contribution in [2.75, 3.05) is 6.54 Å². The van der Waals surface area contributed by atoms with Gasteiger partial charge in [-0.3, -0.25) is 4.79 Å². The maximum Gasteiger partial charge on any atom is 0.219 e. The van der Waals surface area contributed by atoms with Crippen molar-refractivity contribution in [3.05, 3.63) is 0 Å². The van der Waals surface area contributed by atoms with E-state index >= 15 is 0 Å². The summed E-state index contributed by atoms with van der Waals surface area (Å²) in [5.74, 6) is 0.773. The van der Waals surface area contributed by atoms with Gasteiger partial charge in [0, 0.05) is 19.5 Å². The highest BCUT2D eigenvalue weighted by Gasteiger charge is 2.16. The molecule has 0 rings (SSSR count). The third-order valence-electron chi connectivity index (χ3n) is 2.72. The fourth-order valence-electron chi connectivity index (χ4n) is 1.86. The Morgan fingerprint density at radius 1 is 1.20 bits per heavy atom. The average Bonchev–Trinajstić information content (AvgIpc) is 2.13. The molecule has 90 valence electrons. The van der Waals surface area contributed by atoms with Gasteiger partial charge in [-0.15, -0.1) is 0 Å². The summed E-state index contributed by atoms with van der Waals surface area (Å²) < 4.78 is 0. The molecule has 2 nitrogen and oxygen atoms in total. The van der Waals surface area contributed by atoms with Crippen molar-refractivity contribution in [1.82, 2.24) is 4.90 Å². The highest BCUT2D eigenvalue weighted by Crippen LogP contribution is 2.12. The molecule has 1 amide bonds.